The quantitative estimate of drug-likeness (QED) is 0.917. The molecule has 5 heteroatoms. The second-order valence-electron chi connectivity index (χ2n) is 6.85. The number of aryl methyl sites for hydroxylation is 2. The Morgan fingerprint density at radius 2 is 1.92 bits per heavy atom. The van der Waals surface area contributed by atoms with E-state index in [-0.39, 0.29) is 5.92 Å². The van der Waals surface area contributed by atoms with Gasteiger partial charge in [-0.15, -0.1) is 0 Å². The van der Waals surface area contributed by atoms with Crippen LogP contribution in [0.15, 0.2) is 24.3 Å². The van der Waals surface area contributed by atoms with Crippen molar-refractivity contribution >= 4 is 5.97 Å². The monoisotopic (exact) mass is 327 g/mol. The third-order valence-corrected chi connectivity index (χ3v) is 4.99. The molecule has 1 atom stereocenters. The molecule has 3 rings (SSSR count). The first-order valence-corrected chi connectivity index (χ1v) is 8.47. The number of rotatable bonds is 5. The number of carbonyl (C=O) groups is 1. The highest BCUT2D eigenvalue weighted by Gasteiger charge is 2.28. The first-order valence-electron chi connectivity index (χ1n) is 8.47. The minimum atomic E-state index is -0.680. The van der Waals surface area contributed by atoms with Crippen LogP contribution in [0.1, 0.15) is 34.5 Å². The van der Waals surface area contributed by atoms with Gasteiger partial charge in [0.25, 0.3) is 0 Å². The van der Waals surface area contributed by atoms with E-state index in [1.807, 2.05) is 6.92 Å². The lowest BCUT2D eigenvalue weighted by atomic mass is 10.1. The van der Waals surface area contributed by atoms with Crippen molar-refractivity contribution in [3.05, 3.63) is 52.3 Å². The summed E-state index contributed by atoms with van der Waals surface area (Å²) < 4.78 is 2.06. The molecule has 128 valence electrons. The fraction of sp³-hybridized carbons (Fsp3) is 0.474. The topological polar surface area (TPSA) is 58.4 Å². The number of hydrogen-bond donors (Lipinski definition) is 1. The van der Waals surface area contributed by atoms with Crippen LogP contribution in [0.2, 0.25) is 0 Å². The Morgan fingerprint density at radius 1 is 1.21 bits per heavy atom. The lowest BCUT2D eigenvalue weighted by Crippen LogP contribution is -2.23. The molecule has 1 aliphatic heterocycles. The SMILES string of the molecule is Cc1ccc(Cn2nc(C)c(CN3CCC(C(=O)O)C3)c2C)cc1. The molecule has 0 amide bonds. The Labute approximate surface area is 142 Å². The fourth-order valence-corrected chi connectivity index (χ4v) is 3.38. The van der Waals surface area contributed by atoms with E-state index >= 15 is 0 Å². The zero-order chi connectivity index (χ0) is 17.3. The van der Waals surface area contributed by atoms with Crippen LogP contribution in [0.5, 0.6) is 0 Å². The van der Waals surface area contributed by atoms with Gasteiger partial charge in [-0.05, 0) is 39.3 Å². The summed E-state index contributed by atoms with van der Waals surface area (Å²) in [7, 11) is 0. The van der Waals surface area contributed by atoms with Gasteiger partial charge in [0.1, 0.15) is 0 Å². The molecule has 0 aliphatic carbocycles. The molecule has 0 bridgehead atoms. The van der Waals surface area contributed by atoms with E-state index in [0.29, 0.717) is 6.54 Å². The van der Waals surface area contributed by atoms with Crippen molar-refractivity contribution in [3.63, 3.8) is 0 Å². The molecule has 0 radical (unpaired) electrons. The van der Waals surface area contributed by atoms with Gasteiger partial charge in [0.15, 0.2) is 0 Å². The average Bonchev–Trinajstić information content (AvgIpc) is 3.11. The molecule has 24 heavy (non-hydrogen) atoms. The Kier molecular flexibility index (Phi) is 4.71. The average molecular weight is 327 g/mol. The Morgan fingerprint density at radius 3 is 2.54 bits per heavy atom. The maximum Gasteiger partial charge on any atom is 0.307 e. The molecule has 2 aromatic rings. The van der Waals surface area contributed by atoms with Crippen molar-refractivity contribution in [1.82, 2.24) is 14.7 Å². The summed E-state index contributed by atoms with van der Waals surface area (Å²) in [4.78, 5) is 13.3. The van der Waals surface area contributed by atoms with Gasteiger partial charge < -0.3 is 5.11 Å². The maximum atomic E-state index is 11.1. The minimum Gasteiger partial charge on any atom is -0.481 e. The van der Waals surface area contributed by atoms with Crippen LogP contribution in [-0.4, -0.2) is 38.8 Å². The van der Waals surface area contributed by atoms with E-state index in [2.05, 4.69) is 47.7 Å². The molecular formula is C19H25N3O2. The third-order valence-electron chi connectivity index (χ3n) is 4.99. The summed E-state index contributed by atoms with van der Waals surface area (Å²) in [6.07, 6.45) is 0.741. The van der Waals surface area contributed by atoms with Gasteiger partial charge in [-0.2, -0.15) is 5.10 Å². The molecule has 1 aromatic carbocycles. The summed E-state index contributed by atoms with van der Waals surface area (Å²) >= 11 is 0. The standard InChI is InChI=1S/C19H25N3O2/c1-13-4-6-16(7-5-13)10-22-15(3)18(14(2)20-22)12-21-9-8-17(11-21)19(23)24/h4-7,17H,8-12H2,1-3H3,(H,23,24). The summed E-state index contributed by atoms with van der Waals surface area (Å²) in [5.41, 5.74) is 5.94. The van der Waals surface area contributed by atoms with Crippen LogP contribution in [0.3, 0.4) is 0 Å². The molecule has 5 nitrogen and oxygen atoms in total. The fourth-order valence-electron chi connectivity index (χ4n) is 3.38. The second kappa shape index (κ2) is 6.77. The Bertz CT molecular complexity index is 734. The van der Waals surface area contributed by atoms with E-state index in [1.54, 1.807) is 0 Å². The smallest absolute Gasteiger partial charge is 0.307 e. The highest BCUT2D eigenvalue weighted by Crippen LogP contribution is 2.22. The highest BCUT2D eigenvalue weighted by atomic mass is 16.4. The molecule has 1 saturated heterocycles. The van der Waals surface area contributed by atoms with Gasteiger partial charge in [0.2, 0.25) is 0 Å². The van der Waals surface area contributed by atoms with Gasteiger partial charge in [-0.25, -0.2) is 0 Å². The maximum absolute atomic E-state index is 11.1. The van der Waals surface area contributed by atoms with Crippen molar-refractivity contribution in [3.8, 4) is 0 Å². The van der Waals surface area contributed by atoms with Crippen LogP contribution in [0.25, 0.3) is 0 Å². The van der Waals surface area contributed by atoms with Gasteiger partial charge in [-0.1, -0.05) is 29.8 Å². The lowest BCUT2D eigenvalue weighted by molar-refractivity contribution is -0.141. The van der Waals surface area contributed by atoms with E-state index in [4.69, 9.17) is 10.2 Å². The largest absolute Gasteiger partial charge is 0.481 e. The van der Waals surface area contributed by atoms with E-state index in [9.17, 15) is 4.79 Å². The van der Waals surface area contributed by atoms with Crippen molar-refractivity contribution in [2.75, 3.05) is 13.1 Å². The molecule has 2 heterocycles. The van der Waals surface area contributed by atoms with Crippen molar-refractivity contribution in [2.24, 2.45) is 5.92 Å². The number of carboxylic acid groups (broad SMARTS) is 1. The van der Waals surface area contributed by atoms with E-state index in [1.165, 1.54) is 22.4 Å². The summed E-state index contributed by atoms with van der Waals surface area (Å²) in [6.45, 7) is 9.27. The number of nitrogens with zero attached hydrogens (tertiary/aromatic N) is 3. The van der Waals surface area contributed by atoms with Crippen LogP contribution >= 0.6 is 0 Å². The second-order valence-corrected chi connectivity index (χ2v) is 6.85. The summed E-state index contributed by atoms with van der Waals surface area (Å²) in [5, 5.41) is 13.8. The van der Waals surface area contributed by atoms with Crippen LogP contribution in [-0.2, 0) is 17.9 Å². The van der Waals surface area contributed by atoms with Gasteiger partial charge >= 0.3 is 5.97 Å². The molecular weight excluding hydrogens is 302 g/mol. The van der Waals surface area contributed by atoms with Gasteiger partial charge in [0.05, 0.1) is 18.2 Å². The van der Waals surface area contributed by atoms with Crippen LogP contribution in [0, 0.1) is 26.7 Å². The third kappa shape index (κ3) is 3.51. The minimum absolute atomic E-state index is 0.229. The highest BCUT2D eigenvalue weighted by molar-refractivity contribution is 5.70. The zero-order valence-corrected chi connectivity index (χ0v) is 14.6. The van der Waals surface area contributed by atoms with Crippen LogP contribution < -0.4 is 0 Å². The lowest BCUT2D eigenvalue weighted by Gasteiger charge is -2.15. The van der Waals surface area contributed by atoms with E-state index < -0.39 is 5.97 Å². The van der Waals surface area contributed by atoms with Gasteiger partial charge in [-0.3, -0.25) is 14.4 Å². The summed E-state index contributed by atoms with van der Waals surface area (Å²) in [6, 6.07) is 8.53. The zero-order valence-electron chi connectivity index (χ0n) is 14.6. The predicted octanol–water partition coefficient (Wildman–Crippen LogP) is 2.76. The van der Waals surface area contributed by atoms with Gasteiger partial charge in [0, 0.05) is 24.3 Å². The van der Waals surface area contributed by atoms with Crippen molar-refractivity contribution < 1.29 is 9.90 Å². The molecule has 0 spiro atoms. The molecule has 1 aliphatic rings. The number of aromatic nitrogens is 2. The predicted molar refractivity (Wildman–Crippen MR) is 93.0 cm³/mol. The first kappa shape index (κ1) is 16.7. The Balaban J connectivity index is 1.72. The normalized spacial score (nSPS) is 18.2. The first-order chi connectivity index (χ1) is 11.4. The number of hydrogen-bond acceptors (Lipinski definition) is 3. The number of likely N-dealkylation sites (tertiary alicyclic amines) is 1. The number of carboxylic acids is 1. The molecule has 1 N–H and O–H groups in total. The van der Waals surface area contributed by atoms with Crippen molar-refractivity contribution in [2.45, 2.75) is 40.3 Å². The number of benzene rings is 1. The molecule has 1 unspecified atom stereocenters. The van der Waals surface area contributed by atoms with Crippen LogP contribution in [0.4, 0.5) is 0 Å². The number of aliphatic carboxylic acids is 1. The molecule has 1 aromatic heterocycles. The molecule has 0 saturated carbocycles. The van der Waals surface area contributed by atoms with Crippen molar-refractivity contribution in [1.29, 1.82) is 0 Å². The summed E-state index contributed by atoms with van der Waals surface area (Å²) in [5.74, 6) is -0.908. The molecule has 1 fully saturated rings. The Hall–Kier alpha value is -2.14. The van der Waals surface area contributed by atoms with E-state index in [0.717, 1.165) is 31.7 Å².